The minimum absolute atomic E-state index is 0.0627. The Kier molecular flexibility index (Phi) is 5.95. The number of amides is 2. The molecule has 0 spiro atoms. The Morgan fingerprint density at radius 2 is 2.00 bits per heavy atom. The van der Waals surface area contributed by atoms with Crippen molar-refractivity contribution in [2.75, 3.05) is 23.7 Å². The molecule has 1 aromatic carbocycles. The van der Waals surface area contributed by atoms with Crippen LogP contribution in [0.2, 0.25) is 0 Å². The van der Waals surface area contributed by atoms with Crippen molar-refractivity contribution in [2.24, 2.45) is 0 Å². The van der Waals surface area contributed by atoms with Crippen LogP contribution in [0.15, 0.2) is 18.2 Å². The summed E-state index contributed by atoms with van der Waals surface area (Å²) in [5.74, 6) is -1.07. The van der Waals surface area contributed by atoms with Crippen LogP contribution in [0.1, 0.15) is 20.3 Å². The molecule has 0 aliphatic rings. The van der Waals surface area contributed by atoms with Crippen molar-refractivity contribution < 1.29 is 14.0 Å². The van der Waals surface area contributed by atoms with E-state index in [2.05, 4.69) is 16.0 Å². The number of carbonyl (C=O) groups is 2. The fraction of sp³-hybridized carbons (Fsp3) is 0.385. The van der Waals surface area contributed by atoms with E-state index in [4.69, 9.17) is 0 Å². The van der Waals surface area contributed by atoms with Crippen molar-refractivity contribution in [3.8, 4) is 0 Å². The monoisotopic (exact) mass is 267 g/mol. The number of hydrogen-bond donors (Lipinski definition) is 3. The Morgan fingerprint density at radius 1 is 1.26 bits per heavy atom. The molecule has 0 unspecified atom stereocenters. The number of nitrogens with one attached hydrogen (secondary N) is 3. The lowest BCUT2D eigenvalue weighted by molar-refractivity contribution is -0.116. The van der Waals surface area contributed by atoms with E-state index >= 15 is 0 Å². The van der Waals surface area contributed by atoms with Gasteiger partial charge < -0.3 is 16.0 Å². The number of benzene rings is 1. The van der Waals surface area contributed by atoms with Crippen LogP contribution in [-0.4, -0.2) is 24.9 Å². The first-order valence-electron chi connectivity index (χ1n) is 6.10. The van der Waals surface area contributed by atoms with Gasteiger partial charge in [-0.1, -0.05) is 6.92 Å². The molecule has 0 aliphatic carbocycles. The van der Waals surface area contributed by atoms with Gasteiger partial charge in [-0.25, -0.2) is 4.39 Å². The Balaban J connectivity index is 2.65. The van der Waals surface area contributed by atoms with Gasteiger partial charge in [-0.05, 0) is 24.7 Å². The van der Waals surface area contributed by atoms with E-state index in [1.165, 1.54) is 25.1 Å². The van der Waals surface area contributed by atoms with Crippen molar-refractivity contribution >= 4 is 23.2 Å². The third-order valence-corrected chi connectivity index (χ3v) is 2.34. The predicted octanol–water partition coefficient (Wildman–Crippen LogP) is 1.72. The molecule has 1 aromatic rings. The molecule has 0 saturated carbocycles. The number of halogens is 1. The second kappa shape index (κ2) is 7.48. The molecule has 5 nitrogen and oxygen atoms in total. The first-order valence-corrected chi connectivity index (χ1v) is 6.10. The lowest BCUT2D eigenvalue weighted by Gasteiger charge is -2.09. The van der Waals surface area contributed by atoms with E-state index in [1.54, 1.807) is 0 Å². The van der Waals surface area contributed by atoms with E-state index in [9.17, 15) is 14.0 Å². The minimum atomic E-state index is -0.536. The van der Waals surface area contributed by atoms with E-state index in [0.29, 0.717) is 12.2 Å². The minimum Gasteiger partial charge on any atom is -0.326 e. The van der Waals surface area contributed by atoms with E-state index in [-0.39, 0.29) is 23.9 Å². The molecule has 0 heterocycles. The van der Waals surface area contributed by atoms with E-state index < -0.39 is 5.82 Å². The molecular weight excluding hydrogens is 249 g/mol. The van der Waals surface area contributed by atoms with Crippen LogP contribution in [0.5, 0.6) is 0 Å². The maximum absolute atomic E-state index is 13.5. The molecule has 3 N–H and O–H groups in total. The lowest BCUT2D eigenvalue weighted by Crippen LogP contribution is -2.21. The summed E-state index contributed by atoms with van der Waals surface area (Å²) in [5.41, 5.74) is 0.503. The molecule has 0 bridgehead atoms. The average Bonchev–Trinajstić information content (AvgIpc) is 2.33. The summed E-state index contributed by atoms with van der Waals surface area (Å²) < 4.78 is 13.5. The maximum atomic E-state index is 13.5. The standard InChI is InChI=1S/C13H18FN3O2/c1-3-15-7-6-13(19)17-12-8-10(16-9(2)18)4-5-11(12)14/h4-5,8,15H,3,6-7H2,1-2H3,(H,16,18)(H,17,19). The molecular formula is C13H18FN3O2. The fourth-order valence-electron chi connectivity index (χ4n) is 1.49. The lowest BCUT2D eigenvalue weighted by atomic mass is 10.2. The van der Waals surface area contributed by atoms with E-state index in [0.717, 1.165) is 6.54 Å². The topological polar surface area (TPSA) is 70.2 Å². The fourth-order valence-corrected chi connectivity index (χ4v) is 1.49. The van der Waals surface area contributed by atoms with Crippen LogP contribution in [0, 0.1) is 5.82 Å². The highest BCUT2D eigenvalue weighted by molar-refractivity contribution is 5.93. The molecule has 0 aromatic heterocycles. The van der Waals surface area contributed by atoms with Gasteiger partial charge in [0.15, 0.2) is 0 Å². The number of hydrogen-bond acceptors (Lipinski definition) is 3. The van der Waals surface area contributed by atoms with E-state index in [1.807, 2.05) is 6.92 Å². The number of rotatable bonds is 6. The molecule has 0 aliphatic heterocycles. The molecule has 0 saturated heterocycles. The van der Waals surface area contributed by atoms with Crippen LogP contribution in [0.4, 0.5) is 15.8 Å². The predicted molar refractivity (Wildman–Crippen MR) is 72.5 cm³/mol. The molecule has 2 amide bonds. The van der Waals surface area contributed by atoms with Crippen molar-refractivity contribution in [3.05, 3.63) is 24.0 Å². The van der Waals surface area contributed by atoms with Crippen molar-refractivity contribution in [1.29, 1.82) is 0 Å². The highest BCUT2D eigenvalue weighted by atomic mass is 19.1. The van der Waals surface area contributed by atoms with Gasteiger partial charge in [-0.15, -0.1) is 0 Å². The van der Waals surface area contributed by atoms with Gasteiger partial charge in [0.2, 0.25) is 11.8 Å². The molecule has 19 heavy (non-hydrogen) atoms. The first kappa shape index (κ1) is 15.1. The zero-order valence-electron chi connectivity index (χ0n) is 11.0. The van der Waals surface area contributed by atoms with Gasteiger partial charge in [0.05, 0.1) is 5.69 Å². The highest BCUT2D eigenvalue weighted by Crippen LogP contribution is 2.19. The van der Waals surface area contributed by atoms with Gasteiger partial charge in [-0.3, -0.25) is 9.59 Å². The molecule has 6 heteroatoms. The number of carbonyl (C=O) groups excluding carboxylic acids is 2. The molecule has 0 radical (unpaired) electrons. The Bertz CT molecular complexity index is 463. The van der Waals surface area contributed by atoms with Crippen LogP contribution >= 0.6 is 0 Å². The number of anilines is 2. The van der Waals surface area contributed by atoms with Gasteiger partial charge >= 0.3 is 0 Å². The zero-order chi connectivity index (χ0) is 14.3. The third-order valence-electron chi connectivity index (χ3n) is 2.34. The third kappa shape index (κ3) is 5.48. The summed E-state index contributed by atoms with van der Waals surface area (Å²) in [6.45, 7) is 4.61. The largest absolute Gasteiger partial charge is 0.326 e. The highest BCUT2D eigenvalue weighted by Gasteiger charge is 2.08. The summed E-state index contributed by atoms with van der Waals surface area (Å²) in [6.07, 6.45) is 0.262. The normalized spacial score (nSPS) is 10.1. The smallest absolute Gasteiger partial charge is 0.225 e. The quantitative estimate of drug-likeness (QED) is 0.687. The summed E-state index contributed by atoms with van der Waals surface area (Å²) >= 11 is 0. The van der Waals surface area contributed by atoms with Crippen LogP contribution in [0.3, 0.4) is 0 Å². The maximum Gasteiger partial charge on any atom is 0.225 e. The SMILES string of the molecule is CCNCCC(=O)Nc1cc(NC(C)=O)ccc1F. The van der Waals surface area contributed by atoms with Gasteiger partial charge in [-0.2, -0.15) is 0 Å². The average molecular weight is 267 g/mol. The molecule has 0 atom stereocenters. The molecule has 104 valence electrons. The van der Waals surface area contributed by atoms with Crippen molar-refractivity contribution in [1.82, 2.24) is 5.32 Å². The Morgan fingerprint density at radius 3 is 2.63 bits per heavy atom. The molecule has 1 rings (SSSR count). The Labute approximate surface area is 111 Å². The van der Waals surface area contributed by atoms with Crippen molar-refractivity contribution in [2.45, 2.75) is 20.3 Å². The van der Waals surface area contributed by atoms with Crippen LogP contribution < -0.4 is 16.0 Å². The van der Waals surface area contributed by atoms with Gasteiger partial charge in [0.25, 0.3) is 0 Å². The van der Waals surface area contributed by atoms with Crippen LogP contribution in [0.25, 0.3) is 0 Å². The summed E-state index contributed by atoms with van der Waals surface area (Å²) in [4.78, 5) is 22.5. The van der Waals surface area contributed by atoms with Gasteiger partial charge in [0, 0.05) is 25.6 Å². The second-order valence-corrected chi connectivity index (χ2v) is 4.03. The van der Waals surface area contributed by atoms with Crippen LogP contribution in [-0.2, 0) is 9.59 Å². The van der Waals surface area contributed by atoms with Gasteiger partial charge in [0.1, 0.15) is 5.82 Å². The second-order valence-electron chi connectivity index (χ2n) is 4.03. The first-order chi connectivity index (χ1) is 9.02. The summed E-state index contributed by atoms with van der Waals surface area (Å²) in [7, 11) is 0. The summed E-state index contributed by atoms with van der Waals surface area (Å²) in [6, 6.07) is 4.03. The zero-order valence-corrected chi connectivity index (χ0v) is 11.0. The Hall–Kier alpha value is -1.95. The summed E-state index contributed by atoms with van der Waals surface area (Å²) in [5, 5.41) is 8.01. The van der Waals surface area contributed by atoms with Crippen molar-refractivity contribution in [3.63, 3.8) is 0 Å². The molecule has 0 fully saturated rings.